The number of carboxylic acid groups (broad SMARTS) is 1. The van der Waals surface area contributed by atoms with Crippen LogP contribution in [0.2, 0.25) is 15.1 Å². The molecule has 2 aliphatic rings. The molecule has 3 atom stereocenters. The lowest BCUT2D eigenvalue weighted by Gasteiger charge is -2.17. The summed E-state index contributed by atoms with van der Waals surface area (Å²) < 4.78 is 26.5. The highest BCUT2D eigenvalue weighted by Crippen LogP contribution is 2.57. The van der Waals surface area contributed by atoms with E-state index in [0.717, 1.165) is 18.4 Å². The quantitative estimate of drug-likeness (QED) is 0.201. The predicted octanol–water partition coefficient (Wildman–Crippen LogP) is 8.36. The number of aromatic carboxylic acids is 1. The second-order valence-electron chi connectivity index (χ2n) is 9.83. The average Bonchev–Trinajstić information content (AvgIpc) is 3.84. The van der Waals surface area contributed by atoms with E-state index in [1.54, 1.807) is 30.3 Å². The maximum absolute atomic E-state index is 15.3. The predicted molar refractivity (Wildman–Crippen MR) is 144 cm³/mol. The third-order valence-electron chi connectivity index (χ3n) is 7.19. The van der Waals surface area contributed by atoms with Gasteiger partial charge in [0.25, 0.3) is 0 Å². The lowest BCUT2D eigenvalue weighted by Crippen LogP contribution is -2.10. The van der Waals surface area contributed by atoms with Gasteiger partial charge in [0, 0.05) is 22.6 Å². The van der Waals surface area contributed by atoms with Gasteiger partial charge in [-0.2, -0.15) is 0 Å². The van der Waals surface area contributed by atoms with Gasteiger partial charge in [-0.1, -0.05) is 58.2 Å². The molecule has 6 nitrogen and oxygen atoms in total. The van der Waals surface area contributed by atoms with Crippen LogP contribution in [-0.2, 0) is 0 Å². The van der Waals surface area contributed by atoms with Crippen LogP contribution in [0.25, 0.3) is 11.3 Å². The summed E-state index contributed by atoms with van der Waals surface area (Å²) in [5.74, 6) is -1.47. The molecular weight excluding hydrogens is 568 g/mol. The van der Waals surface area contributed by atoms with Gasteiger partial charge in [0.1, 0.15) is 11.5 Å². The molecule has 10 heteroatoms. The Kier molecular flexibility index (Phi) is 6.79. The van der Waals surface area contributed by atoms with Gasteiger partial charge in [-0.25, -0.2) is 9.18 Å². The molecule has 4 aromatic rings. The van der Waals surface area contributed by atoms with Crippen LogP contribution < -0.4 is 4.74 Å². The summed E-state index contributed by atoms with van der Waals surface area (Å²) >= 11 is 19.3. The molecule has 2 fully saturated rings. The highest BCUT2D eigenvalue weighted by molar-refractivity contribution is 6.39. The van der Waals surface area contributed by atoms with Gasteiger partial charge in [-0.3, -0.25) is 0 Å². The minimum absolute atomic E-state index is 0.0274. The van der Waals surface area contributed by atoms with E-state index in [9.17, 15) is 15.0 Å². The number of aromatic nitrogens is 1. The first kappa shape index (κ1) is 26.1. The molecule has 3 unspecified atom stereocenters. The van der Waals surface area contributed by atoms with E-state index < -0.39 is 18.1 Å². The van der Waals surface area contributed by atoms with Crippen molar-refractivity contribution in [3.8, 4) is 17.0 Å². The number of hydrogen-bond acceptors (Lipinski definition) is 5. The van der Waals surface area contributed by atoms with Crippen LogP contribution >= 0.6 is 34.8 Å². The zero-order valence-corrected chi connectivity index (χ0v) is 22.5. The van der Waals surface area contributed by atoms with Gasteiger partial charge in [0.05, 0.1) is 21.2 Å². The molecule has 3 aromatic carbocycles. The Bertz CT molecular complexity index is 1580. The van der Waals surface area contributed by atoms with Crippen molar-refractivity contribution >= 4 is 40.8 Å². The third-order valence-corrected chi connectivity index (χ3v) is 8.15. The molecule has 0 saturated heterocycles. The fraction of sp³-hybridized carbons (Fsp3) is 0.241. The van der Waals surface area contributed by atoms with Crippen LogP contribution in [0.4, 0.5) is 4.39 Å². The lowest BCUT2D eigenvalue weighted by molar-refractivity contribution is -0.0229. The van der Waals surface area contributed by atoms with Gasteiger partial charge < -0.3 is 19.5 Å². The van der Waals surface area contributed by atoms with Gasteiger partial charge in [-0.05, 0) is 72.6 Å². The number of carboxylic acids is 1. The molecule has 0 radical (unpaired) electrons. The highest BCUT2D eigenvalue weighted by atomic mass is 35.5. The fourth-order valence-corrected chi connectivity index (χ4v) is 5.87. The smallest absolute Gasteiger partial charge is 0.335 e. The van der Waals surface area contributed by atoms with E-state index in [1.165, 1.54) is 18.2 Å². The number of rotatable bonds is 8. The zero-order chi connectivity index (χ0) is 27.4. The van der Waals surface area contributed by atoms with E-state index in [0.29, 0.717) is 33.4 Å². The summed E-state index contributed by atoms with van der Waals surface area (Å²) in [4.78, 5) is 11.3. The van der Waals surface area contributed by atoms with Gasteiger partial charge >= 0.3 is 5.97 Å². The van der Waals surface area contributed by atoms with Crippen LogP contribution in [-0.4, -0.2) is 21.3 Å². The number of carbonyl (C=O) groups is 1. The Morgan fingerprint density at radius 1 is 1.03 bits per heavy atom. The van der Waals surface area contributed by atoms with Crippen molar-refractivity contribution in [1.29, 1.82) is 0 Å². The van der Waals surface area contributed by atoms with E-state index in [1.807, 2.05) is 6.07 Å². The number of benzene rings is 3. The summed E-state index contributed by atoms with van der Waals surface area (Å²) in [7, 11) is 0. The summed E-state index contributed by atoms with van der Waals surface area (Å²) in [6, 6.07) is 14.3. The van der Waals surface area contributed by atoms with E-state index in [4.69, 9.17) is 44.1 Å². The minimum Gasteiger partial charge on any atom is -0.478 e. The minimum atomic E-state index is -1.63. The van der Waals surface area contributed by atoms with Crippen LogP contribution in [0.15, 0.2) is 59.1 Å². The number of aliphatic hydroxyl groups is 1. The van der Waals surface area contributed by atoms with Crippen molar-refractivity contribution in [3.63, 3.8) is 0 Å². The van der Waals surface area contributed by atoms with Crippen LogP contribution in [0.5, 0.6) is 5.75 Å². The Labute approximate surface area is 237 Å². The lowest BCUT2D eigenvalue weighted by atomic mass is 10.0. The van der Waals surface area contributed by atoms with Crippen molar-refractivity contribution in [3.05, 3.63) is 103 Å². The molecule has 0 aliphatic heterocycles. The number of aliphatic hydroxyl groups excluding tert-OH is 1. The van der Waals surface area contributed by atoms with E-state index in [2.05, 4.69) is 5.16 Å². The monoisotopic (exact) mass is 587 g/mol. The van der Waals surface area contributed by atoms with Crippen molar-refractivity contribution in [2.75, 3.05) is 0 Å². The molecular formula is C29H21Cl3FNO5. The third kappa shape index (κ3) is 5.00. The van der Waals surface area contributed by atoms with Crippen molar-refractivity contribution in [2.45, 2.75) is 43.3 Å². The molecule has 2 saturated carbocycles. The highest BCUT2D eigenvalue weighted by Gasteiger charge is 2.42. The molecule has 0 spiro atoms. The Morgan fingerprint density at radius 2 is 1.74 bits per heavy atom. The van der Waals surface area contributed by atoms with E-state index in [-0.39, 0.29) is 45.3 Å². The van der Waals surface area contributed by atoms with Gasteiger partial charge in [-0.15, -0.1) is 0 Å². The number of nitrogens with zero attached hydrogens (tertiary/aromatic N) is 1. The van der Waals surface area contributed by atoms with Crippen LogP contribution in [0, 0.1) is 5.82 Å². The van der Waals surface area contributed by atoms with Crippen LogP contribution in [0.3, 0.4) is 0 Å². The standard InChI is InChI=1S/C29H21Cl3FNO5/c30-19-5-2-6-20(31)24(19)26-25(27(39-34-26)13-7-8-13)29(37)38-23-12-21(32)18(11-22(23)33)17-10-16(17)14-3-1-4-15(9-14)28(35)36/h1-6,9,11-13,16-17,29,37H,7-8,10H2,(H,35,36). The SMILES string of the molecule is O=C(O)c1cccc(C2CC2c2cc(F)c(OC(O)c3c(-c4c(Cl)cccc4Cl)noc3C3CC3)cc2Cl)c1. The Morgan fingerprint density at radius 3 is 2.44 bits per heavy atom. The maximum Gasteiger partial charge on any atom is 0.335 e. The topological polar surface area (TPSA) is 92.8 Å². The van der Waals surface area contributed by atoms with E-state index >= 15 is 4.39 Å². The fourth-order valence-electron chi connectivity index (χ4n) is 5.00. The van der Waals surface area contributed by atoms with Gasteiger partial charge in [0.15, 0.2) is 11.6 Å². The first-order chi connectivity index (χ1) is 18.7. The van der Waals surface area contributed by atoms with Crippen LogP contribution in [0.1, 0.15) is 76.1 Å². The van der Waals surface area contributed by atoms with Crippen molar-refractivity contribution in [1.82, 2.24) is 5.16 Å². The van der Waals surface area contributed by atoms with Crippen molar-refractivity contribution in [2.24, 2.45) is 0 Å². The molecule has 39 heavy (non-hydrogen) atoms. The Balaban J connectivity index is 1.28. The number of halogens is 4. The molecule has 2 aliphatic carbocycles. The molecule has 1 aromatic heterocycles. The molecule has 0 bridgehead atoms. The first-order valence-electron chi connectivity index (χ1n) is 12.3. The second-order valence-corrected chi connectivity index (χ2v) is 11.1. The summed E-state index contributed by atoms with van der Waals surface area (Å²) in [6.07, 6.45) is 0.797. The molecule has 6 rings (SSSR count). The average molecular weight is 589 g/mol. The second kappa shape index (κ2) is 10.1. The number of hydrogen-bond donors (Lipinski definition) is 2. The Hall–Kier alpha value is -3.10. The van der Waals surface area contributed by atoms with Crippen molar-refractivity contribution < 1.29 is 28.7 Å². The summed E-state index contributed by atoms with van der Waals surface area (Å²) in [6.45, 7) is 0. The van der Waals surface area contributed by atoms with Gasteiger partial charge in [0.2, 0.25) is 6.29 Å². The number of ether oxygens (including phenoxy) is 1. The molecule has 2 N–H and O–H groups in total. The largest absolute Gasteiger partial charge is 0.478 e. The molecule has 0 amide bonds. The summed E-state index contributed by atoms with van der Waals surface area (Å²) in [5.41, 5.74) is 2.51. The molecule has 200 valence electrons. The summed E-state index contributed by atoms with van der Waals surface area (Å²) in [5, 5.41) is 25.5. The molecule has 1 heterocycles. The maximum atomic E-state index is 15.3. The first-order valence-corrected chi connectivity index (χ1v) is 13.5. The zero-order valence-electron chi connectivity index (χ0n) is 20.2. The normalized spacial score (nSPS) is 19.1.